The van der Waals surface area contributed by atoms with Crippen molar-refractivity contribution in [3.05, 3.63) is 36.0 Å². The standard InChI is InChI=1S/C13H16N2.C2H2O4/c1-2-4-12-11(3-1)9-13(15-12)10-5-7-14-8-6-10;3-1(4)2(5)6/h1-4,9-10,14-15H,5-8H2;(H,3,4)(H,5,6). The van der Waals surface area contributed by atoms with E-state index in [1.807, 2.05) is 0 Å². The Labute approximate surface area is 121 Å². The van der Waals surface area contributed by atoms with Crippen molar-refractivity contribution in [3.63, 3.8) is 0 Å². The third-order valence-corrected chi connectivity index (χ3v) is 3.51. The van der Waals surface area contributed by atoms with Gasteiger partial charge in [0, 0.05) is 17.1 Å². The first-order chi connectivity index (χ1) is 10.1. The number of H-pyrrole nitrogens is 1. The molecule has 1 fully saturated rings. The molecule has 1 aliphatic heterocycles. The van der Waals surface area contributed by atoms with Crippen molar-refractivity contribution in [1.29, 1.82) is 0 Å². The summed E-state index contributed by atoms with van der Waals surface area (Å²) in [6.07, 6.45) is 2.51. The number of aliphatic carboxylic acids is 2. The molecule has 112 valence electrons. The minimum absolute atomic E-state index is 0.721. The molecule has 0 bridgehead atoms. The number of aromatic nitrogens is 1. The van der Waals surface area contributed by atoms with Crippen molar-refractivity contribution >= 4 is 22.8 Å². The van der Waals surface area contributed by atoms with Gasteiger partial charge in [-0.1, -0.05) is 18.2 Å². The predicted octanol–water partition coefficient (Wildman–Crippen LogP) is 1.79. The van der Waals surface area contributed by atoms with Gasteiger partial charge >= 0.3 is 11.9 Å². The van der Waals surface area contributed by atoms with Crippen LogP contribution in [0.1, 0.15) is 24.5 Å². The second-order valence-corrected chi connectivity index (χ2v) is 4.95. The lowest BCUT2D eigenvalue weighted by atomic mass is 9.95. The van der Waals surface area contributed by atoms with E-state index in [0.29, 0.717) is 0 Å². The van der Waals surface area contributed by atoms with Crippen LogP contribution in [0, 0.1) is 0 Å². The molecule has 0 saturated carbocycles. The van der Waals surface area contributed by atoms with Gasteiger partial charge in [0.25, 0.3) is 0 Å². The molecular weight excluding hydrogens is 272 g/mol. The summed E-state index contributed by atoms with van der Waals surface area (Å²) in [6.45, 7) is 2.31. The lowest BCUT2D eigenvalue weighted by molar-refractivity contribution is -0.159. The Balaban J connectivity index is 0.000000232. The van der Waals surface area contributed by atoms with Crippen molar-refractivity contribution in [3.8, 4) is 0 Å². The fraction of sp³-hybridized carbons (Fsp3) is 0.333. The number of nitrogens with one attached hydrogen (secondary N) is 2. The number of carboxylic acid groups (broad SMARTS) is 2. The maximum Gasteiger partial charge on any atom is 0.414 e. The zero-order chi connectivity index (χ0) is 15.2. The lowest BCUT2D eigenvalue weighted by Crippen LogP contribution is -2.26. The molecule has 0 unspecified atom stereocenters. The summed E-state index contributed by atoms with van der Waals surface area (Å²) in [5.41, 5.74) is 2.68. The molecule has 3 rings (SSSR count). The molecular formula is C15H18N2O4. The second kappa shape index (κ2) is 6.90. The van der Waals surface area contributed by atoms with E-state index >= 15 is 0 Å². The maximum atomic E-state index is 9.10. The van der Waals surface area contributed by atoms with Crippen LogP contribution in [0.5, 0.6) is 0 Å². The molecule has 0 radical (unpaired) electrons. The van der Waals surface area contributed by atoms with Crippen LogP contribution in [-0.4, -0.2) is 40.2 Å². The first-order valence-corrected chi connectivity index (χ1v) is 6.82. The fourth-order valence-electron chi connectivity index (χ4n) is 2.45. The zero-order valence-electron chi connectivity index (χ0n) is 11.5. The smallest absolute Gasteiger partial charge is 0.414 e. The quantitative estimate of drug-likeness (QED) is 0.600. The molecule has 2 aromatic rings. The number of para-hydroxylation sites is 1. The van der Waals surface area contributed by atoms with Gasteiger partial charge in [0.2, 0.25) is 0 Å². The van der Waals surface area contributed by atoms with Gasteiger partial charge in [-0.15, -0.1) is 0 Å². The van der Waals surface area contributed by atoms with Crippen molar-refractivity contribution < 1.29 is 19.8 Å². The molecule has 0 atom stereocenters. The average Bonchev–Trinajstić information content (AvgIpc) is 2.92. The number of hydrogen-bond donors (Lipinski definition) is 4. The Morgan fingerprint density at radius 2 is 1.67 bits per heavy atom. The number of carboxylic acids is 2. The molecule has 21 heavy (non-hydrogen) atoms. The first-order valence-electron chi connectivity index (χ1n) is 6.82. The van der Waals surface area contributed by atoms with Gasteiger partial charge in [0.1, 0.15) is 0 Å². The van der Waals surface area contributed by atoms with E-state index in [9.17, 15) is 0 Å². The molecule has 4 N–H and O–H groups in total. The van der Waals surface area contributed by atoms with Crippen LogP contribution in [0.2, 0.25) is 0 Å². The molecule has 6 nitrogen and oxygen atoms in total. The summed E-state index contributed by atoms with van der Waals surface area (Å²) in [5, 5.41) is 19.5. The summed E-state index contributed by atoms with van der Waals surface area (Å²) in [5.74, 6) is -2.93. The number of hydrogen-bond acceptors (Lipinski definition) is 3. The Hall–Kier alpha value is -2.34. The lowest BCUT2D eigenvalue weighted by Gasteiger charge is -2.21. The number of benzene rings is 1. The van der Waals surface area contributed by atoms with Crippen molar-refractivity contribution in [2.45, 2.75) is 18.8 Å². The Morgan fingerprint density at radius 1 is 1.05 bits per heavy atom. The fourth-order valence-corrected chi connectivity index (χ4v) is 2.45. The summed E-state index contributed by atoms with van der Waals surface area (Å²) in [6, 6.07) is 10.8. The topological polar surface area (TPSA) is 102 Å². The highest BCUT2D eigenvalue weighted by molar-refractivity contribution is 6.27. The van der Waals surface area contributed by atoms with Crippen LogP contribution in [0.15, 0.2) is 30.3 Å². The minimum Gasteiger partial charge on any atom is -0.473 e. The summed E-state index contributed by atoms with van der Waals surface area (Å²) in [4.78, 5) is 21.7. The van der Waals surface area contributed by atoms with Crippen LogP contribution >= 0.6 is 0 Å². The predicted molar refractivity (Wildman–Crippen MR) is 78.4 cm³/mol. The Kier molecular flexibility index (Phi) is 4.94. The van der Waals surface area contributed by atoms with E-state index in [-0.39, 0.29) is 0 Å². The number of rotatable bonds is 1. The molecule has 1 aliphatic rings. The first kappa shape index (κ1) is 15.1. The highest BCUT2D eigenvalue weighted by Gasteiger charge is 2.16. The molecule has 0 aliphatic carbocycles. The maximum absolute atomic E-state index is 9.10. The SMILES string of the molecule is O=C(O)C(=O)O.c1ccc2[nH]c(C3CCNCC3)cc2c1. The molecule has 1 saturated heterocycles. The summed E-state index contributed by atoms with van der Waals surface area (Å²) >= 11 is 0. The van der Waals surface area contributed by atoms with Gasteiger partial charge < -0.3 is 20.5 Å². The zero-order valence-corrected chi connectivity index (χ0v) is 11.5. The molecule has 0 amide bonds. The normalized spacial score (nSPS) is 15.2. The largest absolute Gasteiger partial charge is 0.473 e. The van der Waals surface area contributed by atoms with E-state index < -0.39 is 11.9 Å². The monoisotopic (exact) mass is 290 g/mol. The molecule has 1 aromatic carbocycles. The Bertz CT molecular complexity index is 584. The number of carbonyl (C=O) groups is 2. The van der Waals surface area contributed by atoms with Crippen LogP contribution in [0.3, 0.4) is 0 Å². The van der Waals surface area contributed by atoms with E-state index in [4.69, 9.17) is 19.8 Å². The van der Waals surface area contributed by atoms with E-state index in [0.717, 1.165) is 19.0 Å². The number of piperidine rings is 1. The molecule has 2 heterocycles. The van der Waals surface area contributed by atoms with E-state index in [1.165, 1.54) is 29.4 Å². The van der Waals surface area contributed by atoms with Crippen molar-refractivity contribution in [2.75, 3.05) is 13.1 Å². The van der Waals surface area contributed by atoms with Crippen molar-refractivity contribution in [2.24, 2.45) is 0 Å². The van der Waals surface area contributed by atoms with E-state index in [2.05, 4.69) is 40.6 Å². The minimum atomic E-state index is -1.82. The van der Waals surface area contributed by atoms with Crippen LogP contribution < -0.4 is 5.32 Å². The van der Waals surface area contributed by atoms with Crippen LogP contribution in [-0.2, 0) is 9.59 Å². The van der Waals surface area contributed by atoms with Gasteiger partial charge in [-0.3, -0.25) is 0 Å². The highest BCUT2D eigenvalue weighted by Crippen LogP contribution is 2.27. The second-order valence-electron chi connectivity index (χ2n) is 4.95. The summed E-state index contributed by atoms with van der Waals surface area (Å²) in [7, 11) is 0. The molecule has 0 spiro atoms. The molecule has 6 heteroatoms. The number of fused-ring (bicyclic) bond motifs is 1. The van der Waals surface area contributed by atoms with Gasteiger partial charge in [0.05, 0.1) is 0 Å². The molecule has 1 aromatic heterocycles. The van der Waals surface area contributed by atoms with Crippen LogP contribution in [0.25, 0.3) is 10.9 Å². The third kappa shape index (κ3) is 4.06. The van der Waals surface area contributed by atoms with Crippen molar-refractivity contribution in [1.82, 2.24) is 10.3 Å². The van der Waals surface area contributed by atoms with Crippen LogP contribution in [0.4, 0.5) is 0 Å². The Morgan fingerprint density at radius 3 is 2.24 bits per heavy atom. The average molecular weight is 290 g/mol. The highest BCUT2D eigenvalue weighted by atomic mass is 16.4. The van der Waals surface area contributed by atoms with Gasteiger partial charge in [0.15, 0.2) is 0 Å². The number of aromatic amines is 1. The van der Waals surface area contributed by atoms with Gasteiger partial charge in [-0.25, -0.2) is 9.59 Å². The van der Waals surface area contributed by atoms with E-state index in [1.54, 1.807) is 0 Å². The third-order valence-electron chi connectivity index (χ3n) is 3.51. The van der Waals surface area contributed by atoms with Gasteiger partial charge in [-0.05, 0) is 43.5 Å². The van der Waals surface area contributed by atoms with Gasteiger partial charge in [-0.2, -0.15) is 0 Å². The summed E-state index contributed by atoms with van der Waals surface area (Å²) < 4.78 is 0.